The van der Waals surface area contributed by atoms with Crippen LogP contribution in [0, 0.1) is 11.8 Å². The summed E-state index contributed by atoms with van der Waals surface area (Å²) < 4.78 is 0. The highest BCUT2D eigenvalue weighted by Gasteiger charge is 2.35. The zero-order valence-electron chi connectivity index (χ0n) is 29.6. The highest BCUT2D eigenvalue weighted by Crippen LogP contribution is 2.12. The fourth-order valence-corrected chi connectivity index (χ4v) is 4.56. The number of hydrogen-bond acceptors (Lipinski definition) is 12. The minimum Gasteiger partial charge on any atom is -0.480 e. The summed E-state index contributed by atoms with van der Waals surface area (Å²) in [6, 6.07) is -9.61. The molecule has 0 aliphatic rings. The molecule has 13 N–H and O–H groups in total. The van der Waals surface area contributed by atoms with Crippen molar-refractivity contribution < 1.29 is 54.0 Å². The molecule has 0 aliphatic carbocycles. The molecule has 0 radical (unpaired) electrons. The number of hydrogen-bond donors (Lipinski definition) is 12. The molecule has 0 saturated carbocycles. The molecule has 0 saturated heterocycles. The van der Waals surface area contributed by atoms with Gasteiger partial charge in [-0.15, -0.1) is 0 Å². The molecule has 0 bridgehead atoms. The summed E-state index contributed by atoms with van der Waals surface area (Å²) in [4.78, 5) is 96.5. The highest BCUT2D eigenvalue weighted by molar-refractivity contribution is 5.97. The number of carbonyl (C=O) groups excluding carboxylic acids is 6. The third-order valence-corrected chi connectivity index (χ3v) is 7.93. The molecule has 1 rings (SSSR count). The Labute approximate surface area is 295 Å². The summed E-state index contributed by atoms with van der Waals surface area (Å²) in [6.07, 6.45) is 1.84. The molecule has 0 unspecified atom stereocenters. The van der Waals surface area contributed by atoms with Crippen LogP contribution in [-0.2, 0) is 40.0 Å². The summed E-state index contributed by atoms with van der Waals surface area (Å²) in [5.74, 6) is -7.28. The lowest BCUT2D eigenvalue weighted by Gasteiger charge is -2.29. The Balaban J connectivity index is 3.22. The lowest BCUT2D eigenvalue weighted by Crippen LogP contribution is -2.61. The van der Waals surface area contributed by atoms with E-state index in [0.29, 0.717) is 12.1 Å². The van der Waals surface area contributed by atoms with E-state index in [9.17, 15) is 54.0 Å². The van der Waals surface area contributed by atoms with Gasteiger partial charge in [0.05, 0.1) is 25.6 Å². The average Bonchev–Trinajstić information content (AvgIpc) is 3.59. The van der Waals surface area contributed by atoms with Crippen LogP contribution in [0.5, 0.6) is 0 Å². The van der Waals surface area contributed by atoms with Gasteiger partial charge in [-0.25, -0.2) is 9.78 Å². The second-order valence-electron chi connectivity index (χ2n) is 12.7. The van der Waals surface area contributed by atoms with Crippen LogP contribution in [0.15, 0.2) is 12.5 Å². The molecule has 6 amide bonds. The van der Waals surface area contributed by atoms with Crippen molar-refractivity contribution in [2.75, 3.05) is 13.2 Å². The van der Waals surface area contributed by atoms with E-state index in [-0.39, 0.29) is 18.8 Å². The fourth-order valence-electron chi connectivity index (χ4n) is 4.56. The first-order chi connectivity index (χ1) is 23.9. The number of nitrogens with zero attached hydrogens (tertiary/aromatic N) is 1. The van der Waals surface area contributed by atoms with Crippen LogP contribution in [0.1, 0.15) is 60.1 Å². The average molecular weight is 728 g/mol. The lowest BCUT2D eigenvalue weighted by molar-refractivity contribution is -0.143. The monoisotopic (exact) mass is 727 g/mol. The first-order valence-electron chi connectivity index (χ1n) is 16.5. The molecule has 0 spiro atoms. The number of rotatable bonds is 22. The summed E-state index contributed by atoms with van der Waals surface area (Å²) in [7, 11) is 0. The van der Waals surface area contributed by atoms with Crippen LogP contribution < -0.4 is 37.6 Å². The number of aromatic amines is 1. The number of nitrogens with one attached hydrogen (secondary N) is 7. The van der Waals surface area contributed by atoms with Crippen molar-refractivity contribution in [1.82, 2.24) is 41.9 Å². The van der Waals surface area contributed by atoms with Crippen LogP contribution in [0.2, 0.25) is 0 Å². The maximum atomic E-state index is 13.7. The second-order valence-corrected chi connectivity index (χ2v) is 12.7. The number of carbonyl (C=O) groups is 7. The molecule has 1 aromatic heterocycles. The van der Waals surface area contributed by atoms with Gasteiger partial charge >= 0.3 is 5.97 Å². The standard InChI is InChI=1S/C31H53N9O11/c1-7-15(4)24(30(49)39-22(12-42)31(50)51)40-27(46)19(8-14(2)3)36-26(45)20(9-18-10-33-13-34-18)37-28(47)21(11-41)38-25(44)16(5)35-29(48)23(32)17(6)43/h10,13-17,19-24,41-43H,7-9,11-12,32H2,1-6H3,(H,33,34)(H,35,48)(H,36,45)(H,37,47)(H,38,44)(H,39,49)(H,40,46)(H,50,51)/t15-,16-,17+,19-,20-,21-,22-,23-,24-/m0/s1. The second kappa shape index (κ2) is 21.5. The molecule has 9 atom stereocenters. The predicted molar refractivity (Wildman–Crippen MR) is 180 cm³/mol. The molecule has 0 aromatic carbocycles. The van der Waals surface area contributed by atoms with Crippen LogP contribution in [-0.4, -0.2) is 133 Å². The van der Waals surface area contributed by atoms with Crippen molar-refractivity contribution in [2.45, 2.75) is 109 Å². The van der Waals surface area contributed by atoms with Crippen molar-refractivity contribution in [3.8, 4) is 0 Å². The smallest absolute Gasteiger partial charge is 0.328 e. The number of aliphatic hydroxyl groups excluding tert-OH is 3. The molecule has 0 aliphatic heterocycles. The maximum Gasteiger partial charge on any atom is 0.328 e. The van der Waals surface area contributed by atoms with Crippen molar-refractivity contribution >= 4 is 41.4 Å². The van der Waals surface area contributed by atoms with Crippen molar-refractivity contribution in [3.05, 3.63) is 18.2 Å². The molecule has 1 heterocycles. The van der Waals surface area contributed by atoms with E-state index in [4.69, 9.17) is 5.73 Å². The van der Waals surface area contributed by atoms with Gasteiger partial charge in [0.15, 0.2) is 0 Å². The summed E-state index contributed by atoms with van der Waals surface area (Å²) in [6.45, 7) is 7.76. The van der Waals surface area contributed by atoms with E-state index in [2.05, 4.69) is 41.9 Å². The molecule has 288 valence electrons. The van der Waals surface area contributed by atoms with Gasteiger partial charge in [-0.3, -0.25) is 28.8 Å². The highest BCUT2D eigenvalue weighted by atomic mass is 16.4. The third kappa shape index (κ3) is 14.6. The van der Waals surface area contributed by atoms with Crippen molar-refractivity contribution in [2.24, 2.45) is 17.6 Å². The molecule has 20 nitrogen and oxygen atoms in total. The van der Waals surface area contributed by atoms with E-state index < -0.39 is 109 Å². The SMILES string of the molecule is CC[C@H](C)[C@H](NC(=O)[C@H](CC(C)C)NC(=O)[C@H](Cc1cnc[nH]1)NC(=O)[C@H](CO)NC(=O)[C@H](C)NC(=O)[C@@H](N)[C@@H](C)O)C(=O)N[C@@H](CO)C(=O)O. The maximum absolute atomic E-state index is 13.7. The van der Waals surface area contributed by atoms with Gasteiger partial charge in [0.1, 0.15) is 42.3 Å². The fraction of sp³-hybridized carbons (Fsp3) is 0.677. The van der Waals surface area contributed by atoms with Gasteiger partial charge in [-0.2, -0.15) is 0 Å². The number of imidazole rings is 1. The number of amides is 6. The Morgan fingerprint density at radius 2 is 1.27 bits per heavy atom. The first-order valence-corrected chi connectivity index (χ1v) is 16.5. The minimum absolute atomic E-state index is 0.0865. The predicted octanol–water partition coefficient (Wildman–Crippen LogP) is -4.25. The largest absolute Gasteiger partial charge is 0.480 e. The quantitative estimate of drug-likeness (QED) is 0.0539. The van der Waals surface area contributed by atoms with Crippen LogP contribution >= 0.6 is 0 Å². The molecule has 0 fully saturated rings. The van der Waals surface area contributed by atoms with Gasteiger partial charge in [0, 0.05) is 18.3 Å². The first kappa shape index (κ1) is 44.4. The van der Waals surface area contributed by atoms with Gasteiger partial charge in [-0.05, 0) is 32.1 Å². The Bertz CT molecular complexity index is 1330. The van der Waals surface area contributed by atoms with Crippen molar-refractivity contribution in [1.29, 1.82) is 0 Å². The Morgan fingerprint density at radius 3 is 1.76 bits per heavy atom. The normalized spacial score (nSPS) is 16.5. The van der Waals surface area contributed by atoms with Crippen LogP contribution in [0.3, 0.4) is 0 Å². The number of nitrogens with two attached hydrogens (primary N) is 1. The lowest BCUT2D eigenvalue weighted by atomic mass is 9.96. The number of aromatic nitrogens is 2. The van der Waals surface area contributed by atoms with E-state index in [1.54, 1.807) is 27.7 Å². The van der Waals surface area contributed by atoms with Gasteiger partial charge in [-0.1, -0.05) is 34.1 Å². The number of aliphatic carboxylic acids is 1. The molecule has 1 aromatic rings. The minimum atomic E-state index is -1.61. The Kier molecular flexibility index (Phi) is 18.7. The molecule has 51 heavy (non-hydrogen) atoms. The van der Waals surface area contributed by atoms with E-state index in [1.165, 1.54) is 26.4 Å². The van der Waals surface area contributed by atoms with Crippen molar-refractivity contribution in [3.63, 3.8) is 0 Å². The molecular weight excluding hydrogens is 674 g/mol. The summed E-state index contributed by atoms with van der Waals surface area (Å²) >= 11 is 0. The number of aliphatic hydroxyl groups is 3. The van der Waals surface area contributed by atoms with Crippen LogP contribution in [0.4, 0.5) is 0 Å². The Morgan fingerprint density at radius 1 is 0.745 bits per heavy atom. The number of carboxylic acid groups (broad SMARTS) is 1. The summed E-state index contributed by atoms with van der Waals surface area (Å²) in [5, 5.41) is 52.4. The number of carboxylic acids is 1. The Hall–Kier alpha value is -4.66. The number of H-pyrrole nitrogens is 1. The van der Waals surface area contributed by atoms with E-state index in [0.717, 1.165) is 0 Å². The van der Waals surface area contributed by atoms with Gasteiger partial charge in [0.25, 0.3) is 0 Å². The third-order valence-electron chi connectivity index (χ3n) is 7.93. The van der Waals surface area contributed by atoms with E-state index >= 15 is 0 Å². The van der Waals surface area contributed by atoms with E-state index in [1.807, 2.05) is 0 Å². The van der Waals surface area contributed by atoms with Crippen LogP contribution in [0.25, 0.3) is 0 Å². The zero-order chi connectivity index (χ0) is 39.0. The zero-order valence-corrected chi connectivity index (χ0v) is 29.6. The molecule has 20 heteroatoms. The van der Waals surface area contributed by atoms with Gasteiger partial charge in [0.2, 0.25) is 35.4 Å². The molecular formula is C31H53N9O11. The van der Waals surface area contributed by atoms with Gasteiger partial charge < -0.3 is 63.0 Å². The topological polar surface area (TPSA) is 327 Å². The summed E-state index contributed by atoms with van der Waals surface area (Å²) in [5.41, 5.74) is 5.98.